The molecule has 2 aliphatic rings. The molecule has 1 fully saturated rings. The second-order valence-corrected chi connectivity index (χ2v) is 10.0. The number of rotatable bonds is 6. The first-order valence-corrected chi connectivity index (χ1v) is 12.3. The largest absolute Gasteiger partial charge is 0.322 e. The summed E-state index contributed by atoms with van der Waals surface area (Å²) in [5.74, 6) is -0.509. The molecule has 0 radical (unpaired) electrons. The number of anilines is 2. The normalized spacial score (nSPS) is 15.2. The van der Waals surface area contributed by atoms with Crippen LogP contribution in [-0.2, 0) is 16.4 Å². The van der Waals surface area contributed by atoms with E-state index in [4.69, 9.17) is 0 Å². The summed E-state index contributed by atoms with van der Waals surface area (Å²) in [5.41, 5.74) is 3.38. The van der Waals surface area contributed by atoms with Crippen molar-refractivity contribution in [3.05, 3.63) is 89.5 Å². The first-order valence-electron chi connectivity index (χ1n) is 10.8. The summed E-state index contributed by atoms with van der Waals surface area (Å²) < 4.78 is 27.5. The minimum atomic E-state index is -3.64. The van der Waals surface area contributed by atoms with Crippen LogP contribution < -0.4 is 14.9 Å². The van der Waals surface area contributed by atoms with E-state index in [1.165, 1.54) is 12.1 Å². The predicted octanol–water partition coefficient (Wildman–Crippen LogP) is 3.58. The minimum absolute atomic E-state index is 0.0113. The molecule has 8 heteroatoms. The average molecular weight is 462 g/mol. The van der Waals surface area contributed by atoms with Gasteiger partial charge in [0.15, 0.2) is 0 Å². The van der Waals surface area contributed by atoms with Gasteiger partial charge in [-0.25, -0.2) is 13.1 Å². The molecule has 168 valence electrons. The molecule has 7 nitrogen and oxygen atoms in total. The highest BCUT2D eigenvalue weighted by molar-refractivity contribution is 7.89. The summed E-state index contributed by atoms with van der Waals surface area (Å²) in [4.78, 5) is 27.5. The van der Waals surface area contributed by atoms with E-state index in [1.807, 2.05) is 24.3 Å². The Morgan fingerprint density at radius 3 is 2.39 bits per heavy atom. The van der Waals surface area contributed by atoms with E-state index in [1.54, 1.807) is 41.3 Å². The van der Waals surface area contributed by atoms with E-state index in [9.17, 15) is 18.0 Å². The molecular weight excluding hydrogens is 438 g/mol. The van der Waals surface area contributed by atoms with Crippen molar-refractivity contribution in [3.8, 4) is 0 Å². The van der Waals surface area contributed by atoms with Crippen LogP contribution in [-0.4, -0.2) is 32.8 Å². The highest BCUT2D eigenvalue weighted by Gasteiger charge is 2.28. The standard InChI is InChI=1S/C25H23N3O4S/c29-24(19-5-3-6-22(16-19)33(31,32)27-21-12-13-21)26-20-10-8-18(9-11-20)25(30)28-15-14-17-4-1-2-7-23(17)28/h1-11,16,21,27H,12-15H2,(H,26,29). The number of sulfonamides is 1. The molecule has 5 rings (SSSR count). The maximum absolute atomic E-state index is 13.0. The average Bonchev–Trinajstić information content (AvgIpc) is 3.53. The van der Waals surface area contributed by atoms with E-state index in [2.05, 4.69) is 10.0 Å². The van der Waals surface area contributed by atoms with E-state index in [0.29, 0.717) is 17.8 Å². The minimum Gasteiger partial charge on any atom is -0.322 e. The number of carbonyl (C=O) groups is 2. The lowest BCUT2D eigenvalue weighted by Crippen LogP contribution is -2.28. The van der Waals surface area contributed by atoms with Crippen molar-refractivity contribution in [2.45, 2.75) is 30.2 Å². The van der Waals surface area contributed by atoms with Crippen molar-refractivity contribution in [1.82, 2.24) is 4.72 Å². The van der Waals surface area contributed by atoms with Crippen molar-refractivity contribution in [2.75, 3.05) is 16.8 Å². The summed E-state index contributed by atoms with van der Waals surface area (Å²) >= 11 is 0. The van der Waals surface area contributed by atoms with Gasteiger partial charge in [0.05, 0.1) is 4.90 Å². The van der Waals surface area contributed by atoms with Gasteiger partial charge in [0.1, 0.15) is 0 Å². The van der Waals surface area contributed by atoms with Gasteiger partial charge in [-0.15, -0.1) is 0 Å². The molecule has 0 spiro atoms. The summed E-state index contributed by atoms with van der Waals surface area (Å²) in [6.45, 7) is 0.644. The van der Waals surface area contributed by atoms with Crippen LogP contribution in [0, 0.1) is 0 Å². The van der Waals surface area contributed by atoms with Crippen LogP contribution in [0.4, 0.5) is 11.4 Å². The quantitative estimate of drug-likeness (QED) is 0.587. The molecule has 33 heavy (non-hydrogen) atoms. The molecular formula is C25H23N3O4S. The lowest BCUT2D eigenvalue weighted by Gasteiger charge is -2.17. The van der Waals surface area contributed by atoms with E-state index in [-0.39, 0.29) is 22.4 Å². The zero-order valence-electron chi connectivity index (χ0n) is 17.8. The van der Waals surface area contributed by atoms with Gasteiger partial charge in [-0.05, 0) is 73.4 Å². The zero-order valence-corrected chi connectivity index (χ0v) is 18.6. The molecule has 1 heterocycles. The fraction of sp³-hybridized carbons (Fsp3) is 0.200. The van der Waals surface area contributed by atoms with Gasteiger partial charge in [0.2, 0.25) is 10.0 Å². The second kappa shape index (κ2) is 8.46. The highest BCUT2D eigenvalue weighted by Crippen LogP contribution is 2.29. The third-order valence-electron chi connectivity index (χ3n) is 5.83. The lowest BCUT2D eigenvalue weighted by atomic mass is 10.1. The monoisotopic (exact) mass is 461 g/mol. The van der Waals surface area contributed by atoms with Gasteiger partial charge in [-0.1, -0.05) is 24.3 Å². The van der Waals surface area contributed by atoms with E-state index < -0.39 is 15.9 Å². The molecule has 3 aromatic carbocycles. The van der Waals surface area contributed by atoms with Gasteiger partial charge in [-0.2, -0.15) is 0 Å². The third-order valence-corrected chi connectivity index (χ3v) is 7.35. The van der Waals surface area contributed by atoms with Crippen LogP contribution in [0.3, 0.4) is 0 Å². The molecule has 3 aromatic rings. The first kappa shape index (κ1) is 21.4. The van der Waals surface area contributed by atoms with Crippen LogP contribution in [0.2, 0.25) is 0 Å². The third kappa shape index (κ3) is 4.53. The predicted molar refractivity (Wildman–Crippen MR) is 126 cm³/mol. The molecule has 1 saturated carbocycles. The van der Waals surface area contributed by atoms with E-state index >= 15 is 0 Å². The fourth-order valence-electron chi connectivity index (χ4n) is 3.90. The zero-order chi connectivity index (χ0) is 23.0. The molecule has 0 bridgehead atoms. The Balaban J connectivity index is 1.27. The Labute approximate surface area is 192 Å². The number of nitrogens with zero attached hydrogens (tertiary/aromatic N) is 1. The van der Waals surface area contributed by atoms with E-state index in [0.717, 1.165) is 30.5 Å². The molecule has 0 atom stereocenters. The van der Waals surface area contributed by atoms with Gasteiger partial charge in [0, 0.05) is 35.1 Å². The van der Waals surface area contributed by atoms with Crippen molar-refractivity contribution < 1.29 is 18.0 Å². The summed E-state index contributed by atoms with van der Waals surface area (Å²) in [7, 11) is -3.64. The number of para-hydroxylation sites is 1. The smallest absolute Gasteiger partial charge is 0.258 e. The number of carbonyl (C=O) groups excluding carboxylic acids is 2. The van der Waals surface area contributed by atoms with Crippen molar-refractivity contribution in [1.29, 1.82) is 0 Å². The number of hydrogen-bond donors (Lipinski definition) is 2. The molecule has 1 aliphatic heterocycles. The maximum atomic E-state index is 13.0. The first-order chi connectivity index (χ1) is 15.9. The van der Waals surface area contributed by atoms with Crippen LogP contribution in [0.1, 0.15) is 39.1 Å². The number of hydrogen-bond acceptors (Lipinski definition) is 4. The van der Waals surface area contributed by atoms with Gasteiger partial charge < -0.3 is 10.2 Å². The highest BCUT2D eigenvalue weighted by atomic mass is 32.2. The van der Waals surface area contributed by atoms with Crippen LogP contribution >= 0.6 is 0 Å². The molecule has 0 saturated heterocycles. The topological polar surface area (TPSA) is 95.6 Å². The fourth-order valence-corrected chi connectivity index (χ4v) is 5.25. The Bertz CT molecular complexity index is 1330. The summed E-state index contributed by atoms with van der Waals surface area (Å²) in [6.07, 6.45) is 2.51. The number of benzene rings is 3. The molecule has 1 aliphatic carbocycles. The second-order valence-electron chi connectivity index (χ2n) is 8.29. The van der Waals surface area contributed by atoms with Gasteiger partial charge in [0.25, 0.3) is 11.8 Å². The SMILES string of the molecule is O=C(Nc1ccc(C(=O)N2CCc3ccccc32)cc1)c1cccc(S(=O)(=O)NC2CC2)c1. The number of nitrogens with one attached hydrogen (secondary N) is 2. The molecule has 0 unspecified atom stereocenters. The Morgan fingerprint density at radius 2 is 1.64 bits per heavy atom. The lowest BCUT2D eigenvalue weighted by molar-refractivity contribution is 0.0988. The number of amides is 2. The van der Waals surface area contributed by atoms with Gasteiger partial charge in [-0.3, -0.25) is 9.59 Å². The van der Waals surface area contributed by atoms with Crippen molar-refractivity contribution >= 4 is 33.2 Å². The molecule has 2 amide bonds. The van der Waals surface area contributed by atoms with Crippen LogP contribution in [0.25, 0.3) is 0 Å². The van der Waals surface area contributed by atoms with Gasteiger partial charge >= 0.3 is 0 Å². The molecule has 0 aromatic heterocycles. The Morgan fingerprint density at radius 1 is 0.879 bits per heavy atom. The van der Waals surface area contributed by atoms with Crippen LogP contribution in [0.15, 0.2) is 77.7 Å². The van der Waals surface area contributed by atoms with Crippen LogP contribution in [0.5, 0.6) is 0 Å². The Kier molecular flexibility index (Phi) is 5.47. The number of fused-ring (bicyclic) bond motifs is 1. The summed E-state index contributed by atoms with van der Waals surface area (Å²) in [6, 6.07) is 20.5. The van der Waals surface area contributed by atoms with Crippen molar-refractivity contribution in [3.63, 3.8) is 0 Å². The maximum Gasteiger partial charge on any atom is 0.258 e. The summed E-state index contributed by atoms with van der Waals surface area (Å²) in [5, 5.41) is 2.76. The van der Waals surface area contributed by atoms with Crippen molar-refractivity contribution in [2.24, 2.45) is 0 Å². The Hall–Kier alpha value is -3.49. The molecule has 2 N–H and O–H groups in total.